The summed E-state index contributed by atoms with van der Waals surface area (Å²) in [5, 5.41) is 33.7. The summed E-state index contributed by atoms with van der Waals surface area (Å²) >= 11 is 0. The number of hydrogen-bond acceptors (Lipinski definition) is 3. The van der Waals surface area contributed by atoms with Gasteiger partial charge in [-0.3, -0.25) is 0 Å². The Labute approximate surface area is 287 Å². The fourth-order valence-corrected chi connectivity index (χ4v) is 7.47. The highest BCUT2D eigenvalue weighted by Crippen LogP contribution is 2.41. The maximum Gasteiger partial charge on any atom is 0.0998 e. The lowest BCUT2D eigenvalue weighted by Crippen LogP contribution is -1.98. The van der Waals surface area contributed by atoms with E-state index in [1.54, 1.807) is 0 Å². The lowest BCUT2D eigenvalue weighted by Gasteiger charge is -2.17. The molecule has 0 aliphatic carbocycles. The highest BCUT2D eigenvalue weighted by atomic mass is 15.0. The molecule has 50 heavy (non-hydrogen) atoms. The van der Waals surface area contributed by atoms with E-state index in [1.807, 2.05) is 84.9 Å². The first kappa shape index (κ1) is 28.8. The molecule has 0 bridgehead atoms. The Morgan fingerprint density at radius 2 is 1.04 bits per heavy atom. The molecule has 5 nitrogen and oxygen atoms in total. The van der Waals surface area contributed by atoms with Gasteiger partial charge in [-0.25, -0.2) is 0 Å². The normalized spacial score (nSPS) is 11.1. The van der Waals surface area contributed by atoms with E-state index in [2.05, 4.69) is 94.1 Å². The van der Waals surface area contributed by atoms with Crippen LogP contribution in [0, 0.1) is 34.0 Å². The molecule has 2 aromatic heterocycles. The molecule has 0 aliphatic heterocycles. The molecule has 230 valence electrons. The van der Waals surface area contributed by atoms with Gasteiger partial charge in [0.15, 0.2) is 0 Å². The third-order valence-corrected chi connectivity index (χ3v) is 9.64. The van der Waals surface area contributed by atoms with Crippen molar-refractivity contribution in [1.82, 2.24) is 9.13 Å². The molecule has 2 heterocycles. The number of nitriles is 3. The molecule has 0 atom stereocenters. The van der Waals surface area contributed by atoms with E-state index in [1.165, 1.54) is 0 Å². The van der Waals surface area contributed by atoms with Gasteiger partial charge in [0.1, 0.15) is 0 Å². The molecule has 0 fully saturated rings. The predicted octanol–water partition coefficient (Wildman–Crippen LogP) is 10.8. The summed E-state index contributed by atoms with van der Waals surface area (Å²) < 4.78 is 4.47. The van der Waals surface area contributed by atoms with Crippen LogP contribution in [-0.2, 0) is 0 Å². The van der Waals surface area contributed by atoms with Crippen molar-refractivity contribution in [2.45, 2.75) is 0 Å². The van der Waals surface area contributed by atoms with Crippen LogP contribution in [0.15, 0.2) is 152 Å². The quantitative estimate of drug-likeness (QED) is 0.193. The largest absolute Gasteiger partial charge is 0.309 e. The Morgan fingerprint density at radius 3 is 1.82 bits per heavy atom. The predicted molar refractivity (Wildman–Crippen MR) is 200 cm³/mol. The molecule has 0 amide bonds. The summed E-state index contributed by atoms with van der Waals surface area (Å²) in [5.41, 5.74) is 11.9. The van der Waals surface area contributed by atoms with E-state index in [0.29, 0.717) is 16.7 Å². The van der Waals surface area contributed by atoms with Crippen molar-refractivity contribution in [3.63, 3.8) is 0 Å². The second-order valence-corrected chi connectivity index (χ2v) is 12.3. The first-order chi connectivity index (χ1) is 24.7. The summed E-state index contributed by atoms with van der Waals surface area (Å²) in [6.07, 6.45) is 0. The Bertz CT molecular complexity index is 2960. The SMILES string of the molecule is N#Cc1ccc(-c2ccccc2-n2c3ccccc3c3c(C#N)cccc32)c(-c2ccc(-n3c4ccccc4c4cc(C#N)ccc43)cc2)c1. The molecule has 0 saturated heterocycles. The maximum atomic E-state index is 10.0. The molecular weight excluding hydrogens is 611 g/mol. The standard InChI is InChI=1S/C45H25N5/c46-26-29-16-22-34(35-9-1-5-13-41(35)50-42-14-6-3-11-37(42)45-32(28-48)8-7-15-44(45)50)38(24-29)31-18-20-33(21-19-31)49-40-12-4-2-10-36(40)39-25-30(27-47)17-23-43(39)49/h1-25H. The van der Waals surface area contributed by atoms with Crippen molar-refractivity contribution in [3.05, 3.63) is 168 Å². The van der Waals surface area contributed by atoms with Gasteiger partial charge in [0.25, 0.3) is 0 Å². The van der Waals surface area contributed by atoms with Crippen molar-refractivity contribution >= 4 is 43.6 Å². The van der Waals surface area contributed by atoms with Gasteiger partial charge in [0, 0.05) is 32.8 Å². The first-order valence-corrected chi connectivity index (χ1v) is 16.3. The maximum absolute atomic E-state index is 10.0. The van der Waals surface area contributed by atoms with Crippen molar-refractivity contribution in [2.75, 3.05) is 0 Å². The van der Waals surface area contributed by atoms with E-state index in [4.69, 9.17) is 0 Å². The molecule has 0 spiro atoms. The van der Waals surface area contributed by atoms with Crippen LogP contribution in [-0.4, -0.2) is 9.13 Å². The van der Waals surface area contributed by atoms with Crippen LogP contribution in [0.1, 0.15) is 16.7 Å². The number of para-hydroxylation sites is 3. The van der Waals surface area contributed by atoms with Crippen LogP contribution in [0.2, 0.25) is 0 Å². The molecule has 5 heteroatoms. The zero-order valence-corrected chi connectivity index (χ0v) is 26.7. The molecular formula is C45H25N5. The van der Waals surface area contributed by atoms with Crippen molar-refractivity contribution in [2.24, 2.45) is 0 Å². The van der Waals surface area contributed by atoms with Crippen LogP contribution < -0.4 is 0 Å². The van der Waals surface area contributed by atoms with Gasteiger partial charge in [-0.1, -0.05) is 78.9 Å². The number of aromatic nitrogens is 2. The second-order valence-electron chi connectivity index (χ2n) is 12.3. The van der Waals surface area contributed by atoms with Crippen LogP contribution in [0.25, 0.3) is 77.2 Å². The Morgan fingerprint density at radius 1 is 0.400 bits per heavy atom. The van der Waals surface area contributed by atoms with Gasteiger partial charge in [0.2, 0.25) is 0 Å². The molecule has 0 aliphatic rings. The summed E-state index contributed by atoms with van der Waals surface area (Å²) in [4.78, 5) is 0. The number of rotatable bonds is 4. The van der Waals surface area contributed by atoms with E-state index in [-0.39, 0.29) is 0 Å². The minimum absolute atomic E-state index is 0.580. The Hall–Kier alpha value is -7.39. The van der Waals surface area contributed by atoms with Gasteiger partial charge in [-0.05, 0) is 89.5 Å². The summed E-state index contributed by atoms with van der Waals surface area (Å²) in [5.74, 6) is 0. The Balaban J connectivity index is 1.24. The van der Waals surface area contributed by atoms with E-state index in [0.717, 1.165) is 77.2 Å². The molecule has 0 saturated carbocycles. The highest BCUT2D eigenvalue weighted by molar-refractivity contribution is 6.12. The zero-order chi connectivity index (χ0) is 33.8. The van der Waals surface area contributed by atoms with Gasteiger partial charge in [0.05, 0.1) is 62.7 Å². The molecule has 0 radical (unpaired) electrons. The van der Waals surface area contributed by atoms with Crippen LogP contribution in [0.5, 0.6) is 0 Å². The van der Waals surface area contributed by atoms with Crippen LogP contribution >= 0.6 is 0 Å². The Kier molecular flexibility index (Phi) is 6.56. The number of benzene rings is 7. The average Bonchev–Trinajstić information content (AvgIpc) is 3.70. The van der Waals surface area contributed by atoms with E-state index < -0.39 is 0 Å². The lowest BCUT2D eigenvalue weighted by molar-refractivity contribution is 1.18. The van der Waals surface area contributed by atoms with E-state index >= 15 is 0 Å². The molecule has 0 N–H and O–H groups in total. The van der Waals surface area contributed by atoms with Crippen molar-refractivity contribution in [1.29, 1.82) is 15.8 Å². The minimum atomic E-state index is 0.580. The zero-order valence-electron chi connectivity index (χ0n) is 26.7. The lowest BCUT2D eigenvalue weighted by atomic mass is 9.92. The fraction of sp³-hybridized carbons (Fsp3) is 0. The van der Waals surface area contributed by atoms with Gasteiger partial charge in [-0.15, -0.1) is 0 Å². The highest BCUT2D eigenvalue weighted by Gasteiger charge is 2.20. The first-order valence-electron chi connectivity index (χ1n) is 16.3. The van der Waals surface area contributed by atoms with Gasteiger partial charge >= 0.3 is 0 Å². The van der Waals surface area contributed by atoms with Gasteiger partial charge in [-0.2, -0.15) is 15.8 Å². The molecule has 7 aromatic carbocycles. The fourth-order valence-electron chi connectivity index (χ4n) is 7.47. The third-order valence-electron chi connectivity index (χ3n) is 9.64. The topological polar surface area (TPSA) is 81.2 Å². The van der Waals surface area contributed by atoms with E-state index in [9.17, 15) is 15.8 Å². The molecule has 9 aromatic rings. The number of fused-ring (bicyclic) bond motifs is 6. The summed E-state index contributed by atoms with van der Waals surface area (Å²) in [6, 6.07) is 57.8. The van der Waals surface area contributed by atoms with Crippen LogP contribution in [0.4, 0.5) is 0 Å². The monoisotopic (exact) mass is 635 g/mol. The second kappa shape index (κ2) is 11.4. The van der Waals surface area contributed by atoms with Crippen molar-refractivity contribution in [3.8, 4) is 51.8 Å². The van der Waals surface area contributed by atoms with Gasteiger partial charge < -0.3 is 9.13 Å². The summed E-state index contributed by atoms with van der Waals surface area (Å²) in [7, 11) is 0. The smallest absolute Gasteiger partial charge is 0.0998 e. The summed E-state index contributed by atoms with van der Waals surface area (Å²) in [6.45, 7) is 0. The minimum Gasteiger partial charge on any atom is -0.309 e. The van der Waals surface area contributed by atoms with Crippen molar-refractivity contribution < 1.29 is 0 Å². The number of nitrogens with zero attached hydrogens (tertiary/aromatic N) is 5. The molecule has 0 unspecified atom stereocenters. The third kappa shape index (κ3) is 4.31. The van der Waals surface area contributed by atoms with Crippen LogP contribution in [0.3, 0.4) is 0 Å². The molecule has 9 rings (SSSR count). The number of hydrogen-bond donors (Lipinski definition) is 0. The average molecular weight is 636 g/mol.